The van der Waals surface area contributed by atoms with Crippen molar-refractivity contribution in [2.45, 2.75) is 135 Å². The van der Waals surface area contributed by atoms with E-state index in [0.717, 1.165) is 51.4 Å². The molecule has 11 heteroatoms. The minimum Gasteiger partial charge on any atom is -0.462 e. The number of carbonyl (C=O) groups is 2. The molecule has 0 unspecified atom stereocenters. The normalized spacial score (nSPS) is 14.9. The van der Waals surface area contributed by atoms with Crippen LogP contribution in [0.2, 0.25) is 0 Å². The van der Waals surface area contributed by atoms with Crippen LogP contribution in [0.15, 0.2) is 122 Å². The van der Waals surface area contributed by atoms with Crippen LogP contribution in [-0.2, 0) is 28.2 Å². The summed E-state index contributed by atoms with van der Waals surface area (Å²) in [6, 6.07) is 0. The number of aliphatic hydroxyl groups excluding tert-OH is 2. The standard InChI is InChI=1S/C45H69O10P/c1-3-5-7-9-11-12-13-14-15-16-17-18-19-20-21-22-23-25-31-37-44(48)53-39-43(40-54-56(50,51)52)55-45(49)38-32-36-42(47)35-30-27-26-29-34-41(46)33-28-24-10-8-6-4-2/h5,7,11-12,14-15,17-18,20-21,23-30,34-35,41-43,46-47H,3-4,6,8-10,13,16,19,22,31-33,36-40H2,1-2H3,(H2,50,51,52)/b7-5-,12-11-,15-14-,18-17-,21-20-,25-23-,27-26+,28-24-,34-29+,35-30-/t41-,42-,43+/m0/s1. The SMILES string of the molecule is CC/C=C\C/C=C\C/C=C\C/C=C\C/C=C\C/C=C\CCC(=O)OC[C@H](COP(=O)(O)O)OC(=O)CCC[C@@H](O)\C=C/C=C/C=C/[C@@H](O)C/C=C\CCCCC. The van der Waals surface area contributed by atoms with Crippen LogP contribution in [0.3, 0.4) is 0 Å². The van der Waals surface area contributed by atoms with Gasteiger partial charge in [-0.15, -0.1) is 0 Å². The van der Waals surface area contributed by atoms with Crippen molar-refractivity contribution in [2.24, 2.45) is 0 Å². The van der Waals surface area contributed by atoms with Gasteiger partial charge in [0.2, 0.25) is 0 Å². The Balaban J connectivity index is 4.36. The molecule has 0 saturated carbocycles. The number of ether oxygens (including phenoxy) is 2. The zero-order valence-corrected chi connectivity index (χ0v) is 34.6. The average molecular weight is 801 g/mol. The lowest BCUT2D eigenvalue weighted by molar-refractivity contribution is -0.161. The van der Waals surface area contributed by atoms with Gasteiger partial charge in [-0.3, -0.25) is 14.1 Å². The second kappa shape index (κ2) is 38.3. The third-order valence-corrected chi connectivity index (χ3v) is 8.15. The van der Waals surface area contributed by atoms with E-state index in [4.69, 9.17) is 19.3 Å². The molecule has 0 bridgehead atoms. The molecule has 0 fully saturated rings. The molecule has 314 valence electrons. The van der Waals surface area contributed by atoms with Gasteiger partial charge >= 0.3 is 19.8 Å². The van der Waals surface area contributed by atoms with Gasteiger partial charge in [0.25, 0.3) is 0 Å². The Morgan fingerprint density at radius 2 is 1.12 bits per heavy atom. The third kappa shape index (κ3) is 40.0. The minimum absolute atomic E-state index is 0.0720. The number of unbranched alkanes of at least 4 members (excludes halogenated alkanes) is 3. The summed E-state index contributed by atoms with van der Waals surface area (Å²) < 4.78 is 26.1. The summed E-state index contributed by atoms with van der Waals surface area (Å²) in [7, 11) is -4.85. The Bertz CT molecular complexity index is 1350. The second-order valence-electron chi connectivity index (χ2n) is 12.9. The first-order valence-electron chi connectivity index (χ1n) is 20.0. The summed E-state index contributed by atoms with van der Waals surface area (Å²) in [6.07, 6.45) is 48.4. The number of esters is 2. The number of phosphoric acid groups is 1. The summed E-state index contributed by atoms with van der Waals surface area (Å²) in [5.41, 5.74) is 0. The molecule has 0 aromatic heterocycles. The lowest BCUT2D eigenvalue weighted by atomic mass is 10.1. The second-order valence-corrected chi connectivity index (χ2v) is 14.2. The monoisotopic (exact) mass is 800 g/mol. The van der Waals surface area contributed by atoms with E-state index in [2.05, 4.69) is 79.1 Å². The summed E-state index contributed by atoms with van der Waals surface area (Å²) in [6.45, 7) is 3.21. The van der Waals surface area contributed by atoms with Gasteiger partial charge in [0.1, 0.15) is 6.61 Å². The van der Waals surface area contributed by atoms with Gasteiger partial charge in [0.05, 0.1) is 18.8 Å². The molecule has 0 aromatic rings. The van der Waals surface area contributed by atoms with Crippen LogP contribution in [0.25, 0.3) is 0 Å². The van der Waals surface area contributed by atoms with Gasteiger partial charge in [0.15, 0.2) is 6.10 Å². The maximum atomic E-state index is 12.4. The Kier molecular flexibility index (Phi) is 35.8. The number of allylic oxidation sites excluding steroid dienone is 17. The van der Waals surface area contributed by atoms with Gasteiger partial charge in [0, 0.05) is 12.8 Å². The first kappa shape index (κ1) is 52.4. The van der Waals surface area contributed by atoms with Crippen molar-refractivity contribution in [2.75, 3.05) is 13.2 Å². The first-order valence-corrected chi connectivity index (χ1v) is 21.6. The number of aliphatic hydroxyl groups is 2. The fourth-order valence-corrected chi connectivity index (χ4v) is 5.01. The molecular formula is C45H69O10P. The number of carbonyl (C=O) groups excluding carboxylic acids is 2. The highest BCUT2D eigenvalue weighted by Gasteiger charge is 2.23. The maximum absolute atomic E-state index is 12.4. The van der Waals surface area contributed by atoms with E-state index >= 15 is 0 Å². The van der Waals surface area contributed by atoms with Gasteiger partial charge < -0.3 is 29.5 Å². The van der Waals surface area contributed by atoms with Crippen molar-refractivity contribution in [3.05, 3.63) is 122 Å². The average Bonchev–Trinajstić information content (AvgIpc) is 3.16. The highest BCUT2D eigenvalue weighted by Crippen LogP contribution is 2.35. The van der Waals surface area contributed by atoms with E-state index in [9.17, 15) is 24.4 Å². The van der Waals surface area contributed by atoms with Crippen molar-refractivity contribution in [3.8, 4) is 0 Å². The van der Waals surface area contributed by atoms with E-state index in [-0.39, 0.29) is 25.7 Å². The maximum Gasteiger partial charge on any atom is 0.469 e. The Labute approximate surface area is 336 Å². The Morgan fingerprint density at radius 1 is 0.589 bits per heavy atom. The van der Waals surface area contributed by atoms with Crippen LogP contribution in [0.4, 0.5) is 0 Å². The Hall–Kier alpha value is -3.63. The van der Waals surface area contributed by atoms with Crippen molar-refractivity contribution in [1.82, 2.24) is 0 Å². The van der Waals surface area contributed by atoms with Crippen molar-refractivity contribution < 1.29 is 48.2 Å². The molecular weight excluding hydrogens is 731 g/mol. The van der Waals surface area contributed by atoms with E-state index in [1.807, 2.05) is 24.3 Å². The van der Waals surface area contributed by atoms with Crippen LogP contribution >= 0.6 is 7.82 Å². The molecule has 4 N–H and O–H groups in total. The molecule has 0 spiro atoms. The van der Waals surface area contributed by atoms with Gasteiger partial charge in [-0.1, -0.05) is 148 Å². The van der Waals surface area contributed by atoms with Crippen LogP contribution < -0.4 is 0 Å². The van der Waals surface area contributed by atoms with Crippen LogP contribution in [0.1, 0.15) is 117 Å². The predicted molar refractivity (Wildman–Crippen MR) is 227 cm³/mol. The lowest BCUT2D eigenvalue weighted by Crippen LogP contribution is -2.29. The highest BCUT2D eigenvalue weighted by atomic mass is 31.2. The molecule has 0 amide bonds. The summed E-state index contributed by atoms with van der Waals surface area (Å²) in [5.74, 6) is -1.24. The molecule has 0 aliphatic rings. The number of hydrogen-bond donors (Lipinski definition) is 4. The fraction of sp³-hybridized carbons (Fsp3) is 0.511. The molecule has 0 aliphatic heterocycles. The molecule has 0 aromatic carbocycles. The number of phosphoric ester groups is 1. The number of hydrogen-bond acceptors (Lipinski definition) is 8. The van der Waals surface area contributed by atoms with E-state index in [1.54, 1.807) is 36.5 Å². The molecule has 0 rings (SSSR count). The first-order chi connectivity index (χ1) is 27.1. The quantitative estimate of drug-likeness (QED) is 0.0162. The molecule has 0 saturated heterocycles. The van der Waals surface area contributed by atoms with Crippen molar-refractivity contribution in [3.63, 3.8) is 0 Å². The van der Waals surface area contributed by atoms with Gasteiger partial charge in [-0.05, 0) is 77.0 Å². The summed E-state index contributed by atoms with van der Waals surface area (Å²) >= 11 is 0. The fourth-order valence-electron chi connectivity index (χ4n) is 4.65. The molecule has 3 atom stereocenters. The zero-order chi connectivity index (χ0) is 41.4. The predicted octanol–water partition coefficient (Wildman–Crippen LogP) is 10.1. The van der Waals surface area contributed by atoms with Gasteiger partial charge in [-0.2, -0.15) is 0 Å². The lowest BCUT2D eigenvalue weighted by Gasteiger charge is -2.18. The van der Waals surface area contributed by atoms with Crippen LogP contribution in [-0.4, -0.2) is 63.5 Å². The van der Waals surface area contributed by atoms with Gasteiger partial charge in [-0.25, -0.2) is 4.57 Å². The minimum atomic E-state index is -4.85. The number of rotatable bonds is 34. The summed E-state index contributed by atoms with van der Waals surface area (Å²) in [4.78, 5) is 42.8. The summed E-state index contributed by atoms with van der Waals surface area (Å²) in [5, 5.41) is 20.2. The van der Waals surface area contributed by atoms with Crippen LogP contribution in [0.5, 0.6) is 0 Å². The largest absolute Gasteiger partial charge is 0.469 e. The highest BCUT2D eigenvalue weighted by molar-refractivity contribution is 7.46. The topological polar surface area (TPSA) is 160 Å². The molecule has 56 heavy (non-hydrogen) atoms. The smallest absolute Gasteiger partial charge is 0.462 e. The Morgan fingerprint density at radius 3 is 1.68 bits per heavy atom. The zero-order valence-electron chi connectivity index (χ0n) is 33.7. The molecule has 10 nitrogen and oxygen atoms in total. The van der Waals surface area contributed by atoms with E-state index < -0.39 is 51.3 Å². The molecule has 0 aliphatic carbocycles. The van der Waals surface area contributed by atoms with Crippen LogP contribution in [0, 0.1) is 0 Å². The third-order valence-electron chi connectivity index (χ3n) is 7.67. The van der Waals surface area contributed by atoms with E-state index in [1.165, 1.54) is 12.8 Å². The van der Waals surface area contributed by atoms with E-state index in [0.29, 0.717) is 12.8 Å². The van der Waals surface area contributed by atoms with Crippen molar-refractivity contribution in [1.29, 1.82) is 0 Å². The van der Waals surface area contributed by atoms with Crippen molar-refractivity contribution >= 4 is 19.8 Å². The molecule has 0 radical (unpaired) electrons. The molecule has 0 heterocycles.